The van der Waals surface area contributed by atoms with Gasteiger partial charge in [0.2, 0.25) is 11.7 Å². The normalized spacial score (nSPS) is 20.6. The molecule has 0 spiro atoms. The van der Waals surface area contributed by atoms with Crippen LogP contribution in [0.4, 0.5) is 8.78 Å². The Kier molecular flexibility index (Phi) is 7.64. The Morgan fingerprint density at radius 3 is 2.55 bits per heavy atom. The molecule has 2 amide bonds. The predicted molar refractivity (Wildman–Crippen MR) is 138 cm³/mol. The second-order valence-electron chi connectivity index (χ2n) is 9.70. The van der Waals surface area contributed by atoms with Gasteiger partial charge in [0.05, 0.1) is 18.0 Å². The fourth-order valence-electron chi connectivity index (χ4n) is 5.23. The number of ketones is 1. The summed E-state index contributed by atoms with van der Waals surface area (Å²) in [6.07, 6.45) is 1.94. The van der Waals surface area contributed by atoms with Gasteiger partial charge >= 0.3 is 5.92 Å². The number of methoxy groups -OCH3 is 1. The Balaban J connectivity index is 1.64. The third-order valence-corrected chi connectivity index (χ3v) is 7.56. The molecule has 0 aromatic heterocycles. The Hall–Kier alpha value is -3.66. The number of amides is 2. The van der Waals surface area contributed by atoms with E-state index in [2.05, 4.69) is 10.3 Å². The SMILES string of the molecule is CCC1(CC)CC(=O)N([C@H](CCOC)c2cccc(C(=O)NC3C(=O)C(F)(F)c4ccccc43)c2)C(N)=N1. The highest BCUT2D eigenvalue weighted by molar-refractivity contribution is 6.03. The summed E-state index contributed by atoms with van der Waals surface area (Å²) < 4.78 is 34.3. The van der Waals surface area contributed by atoms with Crippen molar-refractivity contribution in [2.75, 3.05) is 13.7 Å². The molecule has 38 heavy (non-hydrogen) atoms. The van der Waals surface area contributed by atoms with Crippen molar-refractivity contribution >= 4 is 23.6 Å². The molecule has 2 aromatic rings. The van der Waals surface area contributed by atoms with Crippen LogP contribution in [0, 0.1) is 0 Å². The van der Waals surface area contributed by atoms with Gasteiger partial charge < -0.3 is 15.8 Å². The van der Waals surface area contributed by atoms with Gasteiger partial charge in [-0.05, 0) is 42.5 Å². The van der Waals surface area contributed by atoms with Gasteiger partial charge in [0, 0.05) is 24.8 Å². The summed E-state index contributed by atoms with van der Waals surface area (Å²) in [5, 5.41) is 2.47. The third kappa shape index (κ3) is 4.80. The lowest BCUT2D eigenvalue weighted by molar-refractivity contribution is -0.143. The molecule has 4 rings (SSSR count). The van der Waals surface area contributed by atoms with Crippen LogP contribution in [-0.2, 0) is 20.2 Å². The smallest absolute Gasteiger partial charge is 0.333 e. The van der Waals surface area contributed by atoms with E-state index < -0.39 is 40.8 Å². The zero-order valence-electron chi connectivity index (χ0n) is 21.7. The Labute approximate surface area is 220 Å². The number of nitrogens with one attached hydrogen (secondary N) is 1. The first-order chi connectivity index (χ1) is 18.1. The number of nitrogens with two attached hydrogens (primary N) is 1. The maximum Gasteiger partial charge on any atom is 0.333 e. The highest BCUT2D eigenvalue weighted by atomic mass is 19.3. The van der Waals surface area contributed by atoms with Gasteiger partial charge in [0.25, 0.3) is 5.91 Å². The van der Waals surface area contributed by atoms with Crippen molar-refractivity contribution in [1.29, 1.82) is 0 Å². The molecule has 8 nitrogen and oxygen atoms in total. The quantitative estimate of drug-likeness (QED) is 0.512. The van der Waals surface area contributed by atoms with E-state index in [9.17, 15) is 23.2 Å². The average molecular weight is 527 g/mol. The summed E-state index contributed by atoms with van der Waals surface area (Å²) in [6, 6.07) is 10.0. The zero-order valence-corrected chi connectivity index (χ0v) is 21.7. The summed E-state index contributed by atoms with van der Waals surface area (Å²) in [7, 11) is 1.54. The number of carbonyl (C=O) groups is 3. The number of guanidine groups is 1. The number of halogens is 2. The highest BCUT2D eigenvalue weighted by Gasteiger charge is 2.54. The summed E-state index contributed by atoms with van der Waals surface area (Å²) >= 11 is 0. The minimum absolute atomic E-state index is 0.0724. The lowest BCUT2D eigenvalue weighted by atomic mass is 9.87. The van der Waals surface area contributed by atoms with E-state index in [0.29, 0.717) is 31.4 Å². The molecule has 0 radical (unpaired) electrons. The first kappa shape index (κ1) is 27.4. The fraction of sp³-hybridized carbons (Fsp3) is 0.429. The van der Waals surface area contributed by atoms with Crippen molar-refractivity contribution in [1.82, 2.24) is 10.2 Å². The fourth-order valence-corrected chi connectivity index (χ4v) is 5.23. The number of rotatable bonds is 9. The van der Waals surface area contributed by atoms with Crippen LogP contribution < -0.4 is 11.1 Å². The Morgan fingerprint density at radius 2 is 1.89 bits per heavy atom. The van der Waals surface area contributed by atoms with Crippen LogP contribution in [0.3, 0.4) is 0 Å². The minimum atomic E-state index is -3.68. The molecule has 0 fully saturated rings. The van der Waals surface area contributed by atoms with Crippen LogP contribution in [0.5, 0.6) is 0 Å². The number of benzene rings is 2. The average Bonchev–Trinajstić information content (AvgIpc) is 3.10. The van der Waals surface area contributed by atoms with Crippen molar-refractivity contribution < 1.29 is 27.9 Å². The van der Waals surface area contributed by atoms with E-state index in [0.717, 1.165) is 0 Å². The van der Waals surface area contributed by atoms with Crippen molar-refractivity contribution in [2.24, 2.45) is 10.7 Å². The minimum Gasteiger partial charge on any atom is -0.385 e. The number of hydrogen-bond donors (Lipinski definition) is 2. The summed E-state index contributed by atoms with van der Waals surface area (Å²) in [5.74, 6) is -5.81. The number of alkyl halides is 2. The van der Waals surface area contributed by atoms with E-state index >= 15 is 0 Å². The van der Waals surface area contributed by atoms with Crippen LogP contribution in [0.15, 0.2) is 53.5 Å². The van der Waals surface area contributed by atoms with Crippen LogP contribution in [0.1, 0.15) is 78.7 Å². The molecule has 2 atom stereocenters. The predicted octanol–water partition coefficient (Wildman–Crippen LogP) is 4.02. The molecule has 0 bridgehead atoms. The van der Waals surface area contributed by atoms with Crippen molar-refractivity contribution in [2.45, 2.75) is 63.1 Å². The summed E-state index contributed by atoms with van der Waals surface area (Å²) in [6.45, 7) is 4.25. The molecule has 2 aromatic carbocycles. The molecule has 1 aliphatic carbocycles. The van der Waals surface area contributed by atoms with Crippen molar-refractivity contribution in [3.8, 4) is 0 Å². The molecule has 1 aliphatic heterocycles. The van der Waals surface area contributed by atoms with Crippen LogP contribution in [-0.4, -0.2) is 47.7 Å². The molecule has 202 valence electrons. The molecule has 10 heteroatoms. The molecule has 2 aliphatic rings. The number of hydrogen-bond acceptors (Lipinski definition) is 6. The van der Waals surface area contributed by atoms with Gasteiger partial charge in [0.1, 0.15) is 6.04 Å². The lowest BCUT2D eigenvalue weighted by Crippen LogP contribution is -2.52. The molecular weight excluding hydrogens is 494 g/mol. The van der Waals surface area contributed by atoms with Crippen LogP contribution in [0.2, 0.25) is 0 Å². The number of fused-ring (bicyclic) bond motifs is 1. The molecule has 1 unspecified atom stereocenters. The third-order valence-electron chi connectivity index (χ3n) is 7.56. The van der Waals surface area contributed by atoms with Gasteiger partial charge in [0.15, 0.2) is 5.96 Å². The van der Waals surface area contributed by atoms with Crippen LogP contribution >= 0.6 is 0 Å². The number of aliphatic imine (C=N–C) groups is 1. The molecule has 1 heterocycles. The maximum absolute atomic E-state index is 14.5. The Bertz CT molecular complexity index is 1280. The van der Waals surface area contributed by atoms with Crippen molar-refractivity contribution in [3.63, 3.8) is 0 Å². The first-order valence-corrected chi connectivity index (χ1v) is 12.7. The van der Waals surface area contributed by atoms with Gasteiger partial charge in [-0.1, -0.05) is 50.2 Å². The number of ether oxygens (including phenoxy) is 1. The monoisotopic (exact) mass is 526 g/mol. The first-order valence-electron chi connectivity index (χ1n) is 12.7. The standard InChI is InChI=1S/C28H32F2N4O4/c1-4-27(5-2)16-22(35)34(26(31)33-27)21(13-14-38-3)17-9-8-10-18(15-17)25(37)32-23-19-11-6-7-12-20(19)28(29,30)24(23)36/h6-12,15,21,23H,4-5,13-14,16H2,1-3H3,(H2,31,33)(H,32,37)/t21-,23?/m1/s1. The van der Waals surface area contributed by atoms with Gasteiger partial charge in [-0.15, -0.1) is 0 Å². The van der Waals surface area contributed by atoms with Crippen molar-refractivity contribution in [3.05, 3.63) is 70.8 Å². The van der Waals surface area contributed by atoms with Gasteiger partial charge in [-0.3, -0.25) is 19.3 Å². The lowest BCUT2D eigenvalue weighted by Gasteiger charge is -2.40. The highest BCUT2D eigenvalue weighted by Crippen LogP contribution is 2.44. The molecular formula is C28H32F2N4O4. The van der Waals surface area contributed by atoms with E-state index in [1.54, 1.807) is 31.4 Å². The van der Waals surface area contributed by atoms with Crippen LogP contribution in [0.25, 0.3) is 0 Å². The Morgan fingerprint density at radius 1 is 1.18 bits per heavy atom. The molecule has 0 saturated carbocycles. The summed E-state index contributed by atoms with van der Waals surface area (Å²) in [5.41, 5.74) is 6.20. The largest absolute Gasteiger partial charge is 0.385 e. The number of Topliss-reactive ketones (excluding diaryl/α,β-unsaturated/α-hetero) is 1. The topological polar surface area (TPSA) is 114 Å². The second kappa shape index (κ2) is 10.6. The van der Waals surface area contributed by atoms with E-state index in [1.165, 1.54) is 29.2 Å². The zero-order chi connectivity index (χ0) is 27.7. The van der Waals surface area contributed by atoms with E-state index in [-0.39, 0.29) is 29.4 Å². The van der Waals surface area contributed by atoms with Gasteiger partial charge in [-0.25, -0.2) is 4.99 Å². The van der Waals surface area contributed by atoms with E-state index in [4.69, 9.17) is 10.5 Å². The molecule has 3 N–H and O–H groups in total. The number of nitrogens with zero attached hydrogens (tertiary/aromatic N) is 2. The van der Waals surface area contributed by atoms with Gasteiger partial charge in [-0.2, -0.15) is 8.78 Å². The molecule has 0 saturated heterocycles. The maximum atomic E-state index is 14.5. The second-order valence-corrected chi connectivity index (χ2v) is 9.70. The van der Waals surface area contributed by atoms with E-state index in [1.807, 2.05) is 13.8 Å². The summed E-state index contributed by atoms with van der Waals surface area (Å²) in [4.78, 5) is 45.1. The number of carbonyl (C=O) groups excluding carboxylic acids is 3.